The first kappa shape index (κ1) is 45.6. The Kier molecular flexibility index (Phi) is 31.5. The van der Waals surface area contributed by atoms with Gasteiger partial charge in [-0.2, -0.15) is 0 Å². The molecule has 0 spiro atoms. The highest BCUT2D eigenvalue weighted by Crippen LogP contribution is 2.11. The molecule has 0 heterocycles. The van der Waals surface area contributed by atoms with Gasteiger partial charge in [-0.1, -0.05) is 128 Å². The van der Waals surface area contributed by atoms with Crippen molar-refractivity contribution in [1.82, 2.24) is 10.2 Å². The Morgan fingerprint density at radius 1 is 0.562 bits per heavy atom. The van der Waals surface area contributed by atoms with Gasteiger partial charge in [-0.05, 0) is 59.4 Å². The third-order valence-electron chi connectivity index (χ3n) is 8.05. The number of esters is 2. The highest BCUT2D eigenvalue weighted by Gasteiger charge is 2.16. The predicted octanol–water partition coefficient (Wildman–Crippen LogP) is 10.2. The molecule has 0 saturated carbocycles. The maximum absolute atomic E-state index is 12.4. The fraction of sp³-hybridized carbons (Fsp3) is 0.825. The normalized spacial score (nSPS) is 11.9. The van der Waals surface area contributed by atoms with Crippen LogP contribution in [0.1, 0.15) is 169 Å². The van der Waals surface area contributed by atoms with E-state index in [1.54, 1.807) is 0 Å². The standard InChI is InChI=1S/C40H74N2O6/c1-6-8-10-12-14-16-18-20-22-24-26-35-46-37(43)29-33-42(32-28-31-41-39(45)48-40(3,4)5)34-30-38(44)47-36-27-25-23-21-19-17-15-13-11-9-7-2/h24-27H,6-23,28-36H2,1-5H3,(H,41,45)/b26-24+,27-25+. The first-order valence-corrected chi connectivity index (χ1v) is 19.5. The summed E-state index contributed by atoms with van der Waals surface area (Å²) in [6, 6.07) is 0. The Morgan fingerprint density at radius 2 is 0.979 bits per heavy atom. The van der Waals surface area contributed by atoms with E-state index < -0.39 is 11.7 Å². The van der Waals surface area contributed by atoms with Gasteiger partial charge in [-0.15, -0.1) is 0 Å². The number of amides is 1. The van der Waals surface area contributed by atoms with E-state index in [2.05, 4.69) is 36.2 Å². The van der Waals surface area contributed by atoms with Crippen LogP contribution in [-0.2, 0) is 23.8 Å². The van der Waals surface area contributed by atoms with E-state index >= 15 is 0 Å². The molecule has 0 aliphatic rings. The smallest absolute Gasteiger partial charge is 0.407 e. The third-order valence-corrected chi connectivity index (χ3v) is 8.05. The second kappa shape index (κ2) is 33.2. The van der Waals surface area contributed by atoms with Crippen molar-refractivity contribution < 1.29 is 28.6 Å². The first-order valence-electron chi connectivity index (χ1n) is 19.5. The van der Waals surface area contributed by atoms with Crippen molar-refractivity contribution in [2.24, 2.45) is 0 Å². The van der Waals surface area contributed by atoms with Gasteiger partial charge < -0.3 is 24.4 Å². The van der Waals surface area contributed by atoms with Crippen LogP contribution in [0.4, 0.5) is 4.79 Å². The van der Waals surface area contributed by atoms with Crippen molar-refractivity contribution in [2.45, 2.75) is 175 Å². The largest absolute Gasteiger partial charge is 0.461 e. The Labute approximate surface area is 295 Å². The number of allylic oxidation sites excluding steroid dienone is 2. The van der Waals surface area contributed by atoms with Crippen LogP contribution in [-0.4, -0.2) is 67.9 Å². The molecule has 0 fully saturated rings. The number of carbonyl (C=O) groups is 3. The van der Waals surface area contributed by atoms with E-state index in [0.717, 1.165) is 12.8 Å². The van der Waals surface area contributed by atoms with Gasteiger partial charge in [0, 0.05) is 19.6 Å². The molecular weight excluding hydrogens is 604 g/mol. The number of ether oxygens (including phenoxy) is 3. The number of unbranched alkanes of at least 4 members (excludes halogenated alkanes) is 16. The average Bonchev–Trinajstić information content (AvgIpc) is 3.04. The van der Waals surface area contributed by atoms with Crippen molar-refractivity contribution in [3.63, 3.8) is 0 Å². The third kappa shape index (κ3) is 35.0. The van der Waals surface area contributed by atoms with Crippen molar-refractivity contribution in [1.29, 1.82) is 0 Å². The van der Waals surface area contributed by atoms with Crippen LogP contribution in [0, 0.1) is 0 Å². The second-order valence-electron chi connectivity index (χ2n) is 14.0. The van der Waals surface area contributed by atoms with Crippen LogP contribution in [0.3, 0.4) is 0 Å². The predicted molar refractivity (Wildman–Crippen MR) is 199 cm³/mol. The van der Waals surface area contributed by atoms with E-state index in [1.807, 2.05) is 32.9 Å². The molecule has 1 amide bonds. The molecule has 8 heteroatoms. The summed E-state index contributed by atoms with van der Waals surface area (Å²) in [6.07, 6.45) is 31.6. The molecule has 0 aromatic rings. The summed E-state index contributed by atoms with van der Waals surface area (Å²) in [5.41, 5.74) is -0.553. The van der Waals surface area contributed by atoms with Gasteiger partial charge in [-0.25, -0.2) is 4.79 Å². The molecule has 0 unspecified atom stereocenters. The highest BCUT2D eigenvalue weighted by atomic mass is 16.6. The minimum absolute atomic E-state index is 0.238. The molecule has 0 saturated heterocycles. The molecule has 0 radical (unpaired) electrons. The van der Waals surface area contributed by atoms with Crippen LogP contribution in [0.5, 0.6) is 0 Å². The molecule has 0 aromatic carbocycles. The summed E-state index contributed by atoms with van der Waals surface area (Å²) < 4.78 is 16.1. The number of hydrogen-bond acceptors (Lipinski definition) is 7. The maximum atomic E-state index is 12.4. The lowest BCUT2D eigenvalue weighted by Crippen LogP contribution is -2.35. The SMILES string of the molecule is CCCCCCCCCC/C=C/COC(=O)CCN(CCCNC(=O)OC(C)(C)C)CCC(=O)OC/C=C/CCCCCCCCCC. The van der Waals surface area contributed by atoms with Gasteiger partial charge in [0.2, 0.25) is 0 Å². The lowest BCUT2D eigenvalue weighted by Gasteiger charge is -2.22. The fourth-order valence-corrected chi connectivity index (χ4v) is 5.23. The maximum Gasteiger partial charge on any atom is 0.407 e. The molecule has 280 valence electrons. The van der Waals surface area contributed by atoms with E-state index in [4.69, 9.17) is 14.2 Å². The van der Waals surface area contributed by atoms with Gasteiger partial charge >= 0.3 is 18.0 Å². The zero-order valence-electron chi connectivity index (χ0n) is 31.8. The topological polar surface area (TPSA) is 94.2 Å². The molecule has 8 nitrogen and oxygen atoms in total. The zero-order valence-corrected chi connectivity index (χ0v) is 31.8. The Bertz CT molecular complexity index is 786. The van der Waals surface area contributed by atoms with Gasteiger partial charge in [0.1, 0.15) is 18.8 Å². The van der Waals surface area contributed by atoms with Crippen LogP contribution in [0.15, 0.2) is 24.3 Å². The van der Waals surface area contributed by atoms with E-state index in [1.165, 1.54) is 103 Å². The Morgan fingerprint density at radius 3 is 1.40 bits per heavy atom. The van der Waals surface area contributed by atoms with E-state index in [9.17, 15) is 14.4 Å². The molecule has 0 atom stereocenters. The Hall–Kier alpha value is -2.35. The lowest BCUT2D eigenvalue weighted by atomic mass is 10.1. The second-order valence-corrected chi connectivity index (χ2v) is 14.0. The number of nitrogens with zero attached hydrogens (tertiary/aromatic N) is 1. The van der Waals surface area contributed by atoms with Crippen LogP contribution in [0.2, 0.25) is 0 Å². The lowest BCUT2D eigenvalue weighted by molar-refractivity contribution is -0.142. The minimum atomic E-state index is -0.553. The minimum Gasteiger partial charge on any atom is -0.461 e. The summed E-state index contributed by atoms with van der Waals surface area (Å²) in [5, 5.41) is 2.77. The quantitative estimate of drug-likeness (QED) is 0.0327. The van der Waals surface area contributed by atoms with Gasteiger partial charge in [0.05, 0.1) is 12.8 Å². The molecule has 0 aliphatic carbocycles. The summed E-state index contributed by atoms with van der Waals surface area (Å²) in [6.45, 7) is 12.5. The summed E-state index contributed by atoms with van der Waals surface area (Å²) in [7, 11) is 0. The number of hydrogen-bond donors (Lipinski definition) is 1. The highest BCUT2D eigenvalue weighted by molar-refractivity contribution is 5.70. The summed E-state index contributed by atoms with van der Waals surface area (Å²) in [5.74, 6) is -0.513. The van der Waals surface area contributed by atoms with E-state index in [0.29, 0.717) is 32.6 Å². The summed E-state index contributed by atoms with van der Waals surface area (Å²) >= 11 is 0. The monoisotopic (exact) mass is 679 g/mol. The molecule has 48 heavy (non-hydrogen) atoms. The van der Waals surface area contributed by atoms with Crippen molar-refractivity contribution in [2.75, 3.05) is 39.4 Å². The van der Waals surface area contributed by atoms with Gasteiger partial charge in [-0.3, -0.25) is 9.59 Å². The number of carbonyl (C=O) groups excluding carboxylic acids is 3. The van der Waals surface area contributed by atoms with Crippen LogP contribution in [0.25, 0.3) is 0 Å². The molecule has 0 rings (SSSR count). The Balaban J connectivity index is 4.36. The fourth-order valence-electron chi connectivity index (χ4n) is 5.23. The van der Waals surface area contributed by atoms with Crippen molar-refractivity contribution in [3.8, 4) is 0 Å². The van der Waals surface area contributed by atoms with Crippen LogP contribution < -0.4 is 5.32 Å². The molecule has 1 N–H and O–H groups in total. The number of rotatable bonds is 32. The molecule has 0 aliphatic heterocycles. The molecular formula is C40H74N2O6. The molecule has 0 aromatic heterocycles. The summed E-state index contributed by atoms with van der Waals surface area (Å²) in [4.78, 5) is 38.8. The van der Waals surface area contributed by atoms with Crippen LogP contribution >= 0.6 is 0 Å². The number of nitrogens with one attached hydrogen (secondary N) is 1. The molecule has 0 bridgehead atoms. The van der Waals surface area contributed by atoms with Crippen molar-refractivity contribution >= 4 is 18.0 Å². The van der Waals surface area contributed by atoms with E-state index in [-0.39, 0.29) is 38.0 Å². The zero-order chi connectivity index (χ0) is 35.6. The van der Waals surface area contributed by atoms with Gasteiger partial charge in [0.25, 0.3) is 0 Å². The average molecular weight is 679 g/mol. The van der Waals surface area contributed by atoms with Gasteiger partial charge in [0.15, 0.2) is 0 Å². The first-order chi connectivity index (χ1) is 23.2. The van der Waals surface area contributed by atoms with Crippen molar-refractivity contribution in [3.05, 3.63) is 24.3 Å². The number of alkyl carbamates (subject to hydrolysis) is 1.